The summed E-state index contributed by atoms with van der Waals surface area (Å²) in [7, 11) is 0. The summed E-state index contributed by atoms with van der Waals surface area (Å²) in [6, 6.07) is 7.56. The van der Waals surface area contributed by atoms with Crippen LogP contribution >= 0.6 is 0 Å². The van der Waals surface area contributed by atoms with Crippen molar-refractivity contribution in [3.05, 3.63) is 47.8 Å². The zero-order valence-electron chi connectivity index (χ0n) is 12.8. The molecule has 0 atom stereocenters. The summed E-state index contributed by atoms with van der Waals surface area (Å²) in [4.78, 5) is 12.3. The highest BCUT2D eigenvalue weighted by atomic mass is 16.5. The molecule has 5 heteroatoms. The number of aromatic nitrogens is 2. The molecular formula is C17H21N3O2. The quantitative estimate of drug-likeness (QED) is 0.944. The fraction of sp³-hybridized carbons (Fsp3) is 0.412. The number of benzene rings is 1. The van der Waals surface area contributed by atoms with Crippen molar-refractivity contribution in [2.45, 2.75) is 26.3 Å². The minimum Gasteiger partial charge on any atom is -0.381 e. The molecule has 1 aromatic carbocycles. The Kier molecular flexibility index (Phi) is 4.53. The van der Waals surface area contributed by atoms with E-state index in [1.165, 1.54) is 0 Å². The highest BCUT2D eigenvalue weighted by Crippen LogP contribution is 2.18. The van der Waals surface area contributed by atoms with E-state index >= 15 is 0 Å². The van der Waals surface area contributed by atoms with Crippen LogP contribution < -0.4 is 5.32 Å². The lowest BCUT2D eigenvalue weighted by Crippen LogP contribution is -2.20. The standard InChI is InChI=1S/C17H21N3O2/c1-13-4-2-3-5-16(13)17(21)19-15-10-18-20(12-15)11-14-6-8-22-9-7-14/h2-5,10,12,14H,6-9,11H2,1H3,(H,19,21). The van der Waals surface area contributed by atoms with Crippen LogP contribution in [0.5, 0.6) is 0 Å². The van der Waals surface area contributed by atoms with E-state index in [1.54, 1.807) is 6.20 Å². The Morgan fingerprint density at radius 1 is 1.36 bits per heavy atom. The normalized spacial score (nSPS) is 15.7. The summed E-state index contributed by atoms with van der Waals surface area (Å²) in [5, 5.41) is 7.25. The zero-order chi connectivity index (χ0) is 15.4. The molecule has 0 aliphatic carbocycles. The summed E-state index contributed by atoms with van der Waals surface area (Å²) < 4.78 is 7.27. The van der Waals surface area contributed by atoms with Crippen LogP contribution in [-0.4, -0.2) is 28.9 Å². The van der Waals surface area contributed by atoms with Gasteiger partial charge in [0.25, 0.3) is 5.91 Å². The molecule has 3 rings (SSSR count). The summed E-state index contributed by atoms with van der Waals surface area (Å²) in [6.07, 6.45) is 5.75. The van der Waals surface area contributed by atoms with Crippen LogP contribution in [0.4, 0.5) is 5.69 Å². The first-order chi connectivity index (χ1) is 10.7. The predicted molar refractivity (Wildman–Crippen MR) is 84.9 cm³/mol. The Morgan fingerprint density at radius 2 is 2.14 bits per heavy atom. The van der Waals surface area contributed by atoms with Gasteiger partial charge in [0.2, 0.25) is 0 Å². The SMILES string of the molecule is Cc1ccccc1C(=O)Nc1cnn(CC2CCOCC2)c1. The number of anilines is 1. The number of aryl methyl sites for hydroxylation is 1. The molecule has 2 aromatic rings. The first-order valence-corrected chi connectivity index (χ1v) is 7.69. The van der Waals surface area contributed by atoms with E-state index in [0.717, 1.165) is 43.9 Å². The van der Waals surface area contributed by atoms with E-state index in [9.17, 15) is 4.79 Å². The Labute approximate surface area is 130 Å². The molecule has 1 fully saturated rings. The number of hydrogen-bond acceptors (Lipinski definition) is 3. The van der Waals surface area contributed by atoms with E-state index in [0.29, 0.717) is 11.5 Å². The lowest BCUT2D eigenvalue weighted by atomic mass is 10.0. The Hall–Kier alpha value is -2.14. The Morgan fingerprint density at radius 3 is 2.91 bits per heavy atom. The van der Waals surface area contributed by atoms with Gasteiger partial charge in [-0.3, -0.25) is 9.48 Å². The van der Waals surface area contributed by atoms with Crippen molar-refractivity contribution in [3.63, 3.8) is 0 Å². The van der Waals surface area contributed by atoms with Gasteiger partial charge in [0, 0.05) is 31.5 Å². The van der Waals surface area contributed by atoms with E-state index in [-0.39, 0.29) is 5.91 Å². The fourth-order valence-corrected chi connectivity index (χ4v) is 2.75. The van der Waals surface area contributed by atoms with Gasteiger partial charge >= 0.3 is 0 Å². The van der Waals surface area contributed by atoms with Crippen LogP contribution in [-0.2, 0) is 11.3 Å². The highest BCUT2D eigenvalue weighted by molar-refractivity contribution is 6.05. The molecular weight excluding hydrogens is 278 g/mol. The molecule has 0 radical (unpaired) electrons. The van der Waals surface area contributed by atoms with Crippen molar-refractivity contribution in [3.8, 4) is 0 Å². The number of nitrogens with one attached hydrogen (secondary N) is 1. The lowest BCUT2D eigenvalue weighted by molar-refractivity contribution is 0.0601. The number of carbonyl (C=O) groups excluding carboxylic acids is 1. The molecule has 116 valence electrons. The van der Waals surface area contributed by atoms with Gasteiger partial charge in [0.15, 0.2) is 0 Å². The molecule has 5 nitrogen and oxygen atoms in total. The molecule has 1 N–H and O–H groups in total. The third-order valence-electron chi connectivity index (χ3n) is 4.07. The predicted octanol–water partition coefficient (Wildman–Crippen LogP) is 2.87. The second-order valence-corrected chi connectivity index (χ2v) is 5.78. The zero-order valence-corrected chi connectivity index (χ0v) is 12.8. The van der Waals surface area contributed by atoms with Crippen molar-refractivity contribution in [2.75, 3.05) is 18.5 Å². The average Bonchev–Trinajstić information content (AvgIpc) is 2.95. The third kappa shape index (κ3) is 3.54. The first kappa shape index (κ1) is 14.8. The van der Waals surface area contributed by atoms with Crippen molar-refractivity contribution in [1.82, 2.24) is 9.78 Å². The molecule has 1 amide bonds. The second kappa shape index (κ2) is 6.75. The molecule has 1 aliphatic rings. The molecule has 1 aromatic heterocycles. The maximum Gasteiger partial charge on any atom is 0.256 e. The molecule has 1 aliphatic heterocycles. The van der Waals surface area contributed by atoms with Gasteiger partial charge < -0.3 is 10.1 Å². The monoisotopic (exact) mass is 299 g/mol. The van der Waals surface area contributed by atoms with Gasteiger partial charge in [-0.1, -0.05) is 18.2 Å². The molecule has 0 bridgehead atoms. The minimum atomic E-state index is -0.0938. The van der Waals surface area contributed by atoms with Gasteiger partial charge in [-0.05, 0) is 37.3 Å². The van der Waals surface area contributed by atoms with Crippen LogP contribution in [0.3, 0.4) is 0 Å². The second-order valence-electron chi connectivity index (χ2n) is 5.78. The van der Waals surface area contributed by atoms with Gasteiger partial charge in [0.1, 0.15) is 0 Å². The molecule has 22 heavy (non-hydrogen) atoms. The molecule has 0 spiro atoms. The van der Waals surface area contributed by atoms with Gasteiger partial charge in [0.05, 0.1) is 11.9 Å². The smallest absolute Gasteiger partial charge is 0.256 e. The van der Waals surface area contributed by atoms with Crippen molar-refractivity contribution in [1.29, 1.82) is 0 Å². The van der Waals surface area contributed by atoms with Crippen molar-refractivity contribution >= 4 is 11.6 Å². The van der Waals surface area contributed by atoms with Gasteiger partial charge in [-0.15, -0.1) is 0 Å². The van der Waals surface area contributed by atoms with Gasteiger partial charge in [-0.2, -0.15) is 5.10 Å². The maximum atomic E-state index is 12.3. The number of carbonyl (C=O) groups is 1. The maximum absolute atomic E-state index is 12.3. The van der Waals surface area contributed by atoms with Crippen molar-refractivity contribution < 1.29 is 9.53 Å². The van der Waals surface area contributed by atoms with E-state index < -0.39 is 0 Å². The Bertz CT molecular complexity index is 645. The summed E-state index contributed by atoms with van der Waals surface area (Å²) >= 11 is 0. The lowest BCUT2D eigenvalue weighted by Gasteiger charge is -2.21. The van der Waals surface area contributed by atoms with Crippen molar-refractivity contribution in [2.24, 2.45) is 5.92 Å². The largest absolute Gasteiger partial charge is 0.381 e. The van der Waals surface area contributed by atoms with Crippen LogP contribution in [0, 0.1) is 12.8 Å². The summed E-state index contributed by atoms with van der Waals surface area (Å²) in [6.45, 7) is 4.48. The molecule has 1 saturated heterocycles. The number of hydrogen-bond donors (Lipinski definition) is 1. The molecule has 2 heterocycles. The molecule has 0 saturated carbocycles. The first-order valence-electron chi connectivity index (χ1n) is 7.69. The van der Waals surface area contributed by atoms with Crippen LogP contribution in [0.1, 0.15) is 28.8 Å². The van der Waals surface area contributed by atoms with E-state index in [4.69, 9.17) is 4.74 Å². The number of ether oxygens (including phenoxy) is 1. The van der Waals surface area contributed by atoms with E-state index in [1.807, 2.05) is 42.1 Å². The van der Waals surface area contributed by atoms with Crippen LogP contribution in [0.25, 0.3) is 0 Å². The van der Waals surface area contributed by atoms with Crippen LogP contribution in [0.15, 0.2) is 36.7 Å². The Balaban J connectivity index is 1.61. The topological polar surface area (TPSA) is 56.2 Å². The third-order valence-corrected chi connectivity index (χ3v) is 4.07. The van der Waals surface area contributed by atoms with Gasteiger partial charge in [-0.25, -0.2) is 0 Å². The number of rotatable bonds is 4. The highest BCUT2D eigenvalue weighted by Gasteiger charge is 2.15. The molecule has 0 unspecified atom stereocenters. The summed E-state index contributed by atoms with van der Waals surface area (Å²) in [5.74, 6) is 0.511. The number of nitrogens with zero attached hydrogens (tertiary/aromatic N) is 2. The average molecular weight is 299 g/mol. The minimum absolute atomic E-state index is 0.0938. The number of amides is 1. The van der Waals surface area contributed by atoms with Crippen LogP contribution in [0.2, 0.25) is 0 Å². The van der Waals surface area contributed by atoms with E-state index in [2.05, 4.69) is 10.4 Å². The fourth-order valence-electron chi connectivity index (χ4n) is 2.75. The summed E-state index contributed by atoms with van der Waals surface area (Å²) in [5.41, 5.74) is 2.40.